The summed E-state index contributed by atoms with van der Waals surface area (Å²) in [5.74, 6) is 0.218. The third-order valence-electron chi connectivity index (χ3n) is 5.05. The third kappa shape index (κ3) is 2.44. The summed E-state index contributed by atoms with van der Waals surface area (Å²) in [4.78, 5) is 15.0. The van der Waals surface area contributed by atoms with Crippen LogP contribution in [0.2, 0.25) is 0 Å². The van der Waals surface area contributed by atoms with E-state index in [1.807, 2.05) is 73.5 Å². The number of benzene rings is 2. The van der Waals surface area contributed by atoms with Crippen LogP contribution in [-0.2, 0) is 4.79 Å². The van der Waals surface area contributed by atoms with Gasteiger partial charge in [-0.3, -0.25) is 4.79 Å². The molecular weight excluding hydrogens is 334 g/mol. The number of rotatable bonds is 2. The number of anilines is 1. The molecule has 0 aliphatic carbocycles. The molecule has 2 unspecified atom stereocenters. The van der Waals surface area contributed by atoms with Crippen LogP contribution >= 0.6 is 12.2 Å². The van der Waals surface area contributed by atoms with E-state index in [2.05, 4.69) is 10.6 Å². The maximum atomic E-state index is 13.1. The molecule has 2 N–H and O–H groups in total. The zero-order valence-corrected chi connectivity index (χ0v) is 14.8. The monoisotopic (exact) mass is 353 g/mol. The second kappa shape index (κ2) is 5.74. The van der Waals surface area contributed by atoms with Gasteiger partial charge in [0.25, 0.3) is 0 Å². The molecular formula is C19H19N3O2S. The van der Waals surface area contributed by atoms with Crippen molar-refractivity contribution in [2.45, 2.75) is 18.7 Å². The van der Waals surface area contributed by atoms with Gasteiger partial charge in [-0.05, 0) is 37.3 Å². The highest BCUT2D eigenvalue weighted by molar-refractivity contribution is 7.80. The molecule has 0 spiro atoms. The van der Waals surface area contributed by atoms with Crippen molar-refractivity contribution in [3.8, 4) is 5.75 Å². The van der Waals surface area contributed by atoms with Crippen molar-refractivity contribution in [2.24, 2.45) is 5.92 Å². The first kappa shape index (κ1) is 15.9. The van der Waals surface area contributed by atoms with E-state index < -0.39 is 11.6 Å². The van der Waals surface area contributed by atoms with Crippen molar-refractivity contribution in [1.82, 2.24) is 10.2 Å². The van der Waals surface area contributed by atoms with E-state index in [1.54, 1.807) is 0 Å². The molecule has 2 heterocycles. The zero-order valence-electron chi connectivity index (χ0n) is 14.0. The topological polar surface area (TPSA) is 53.6 Å². The van der Waals surface area contributed by atoms with Crippen LogP contribution in [0.25, 0.3) is 0 Å². The fourth-order valence-corrected chi connectivity index (χ4v) is 3.92. The number of hydrogen-bond acceptors (Lipinski definition) is 3. The summed E-state index contributed by atoms with van der Waals surface area (Å²) in [5.41, 5.74) is 0.849. The SMILES string of the molecule is CN1C(=S)NC2c3ccccc3O[C@]1(C)C2C(=O)Nc1ccccc1. The Morgan fingerprint density at radius 3 is 2.64 bits per heavy atom. The molecule has 0 aromatic heterocycles. The second-order valence-corrected chi connectivity index (χ2v) is 6.90. The summed E-state index contributed by atoms with van der Waals surface area (Å²) in [6, 6.07) is 17.0. The van der Waals surface area contributed by atoms with E-state index in [1.165, 1.54) is 0 Å². The standard InChI is InChI=1S/C19H19N3O2S/c1-19-15(17(23)20-12-8-4-3-5-9-12)16(21-18(25)22(19)2)13-10-6-7-11-14(13)24-19/h3-11,15-16H,1-2H3,(H,20,23)(H,21,25)/t15?,16?,19-/m1/s1. The van der Waals surface area contributed by atoms with Crippen LogP contribution in [0.5, 0.6) is 5.75 Å². The van der Waals surface area contributed by atoms with Crippen molar-refractivity contribution < 1.29 is 9.53 Å². The summed E-state index contributed by atoms with van der Waals surface area (Å²) in [5, 5.41) is 6.89. The predicted octanol–water partition coefficient (Wildman–Crippen LogP) is 2.91. The van der Waals surface area contributed by atoms with Crippen molar-refractivity contribution in [1.29, 1.82) is 0 Å². The number of carbonyl (C=O) groups is 1. The highest BCUT2D eigenvalue weighted by Crippen LogP contribution is 2.47. The van der Waals surface area contributed by atoms with E-state index >= 15 is 0 Å². The first-order valence-electron chi connectivity index (χ1n) is 8.19. The lowest BCUT2D eigenvalue weighted by Crippen LogP contribution is -2.70. The second-order valence-electron chi connectivity index (χ2n) is 6.51. The fourth-order valence-electron chi connectivity index (χ4n) is 3.61. The lowest BCUT2D eigenvalue weighted by Gasteiger charge is -2.54. The lowest BCUT2D eigenvalue weighted by molar-refractivity contribution is -0.146. The maximum absolute atomic E-state index is 13.1. The Balaban J connectivity index is 1.76. The van der Waals surface area contributed by atoms with Gasteiger partial charge in [0, 0.05) is 18.3 Å². The average molecular weight is 353 g/mol. The van der Waals surface area contributed by atoms with Gasteiger partial charge in [0.05, 0.1) is 6.04 Å². The molecule has 4 rings (SSSR count). The molecule has 1 fully saturated rings. The number of nitrogens with zero attached hydrogens (tertiary/aromatic N) is 1. The minimum absolute atomic E-state index is 0.102. The Morgan fingerprint density at radius 1 is 1.20 bits per heavy atom. The Labute approximate surface area is 152 Å². The van der Waals surface area contributed by atoms with Gasteiger partial charge in [-0.2, -0.15) is 0 Å². The molecule has 128 valence electrons. The lowest BCUT2D eigenvalue weighted by atomic mass is 9.79. The molecule has 1 amide bonds. The van der Waals surface area contributed by atoms with E-state index in [0.717, 1.165) is 17.0 Å². The number of thiocarbonyl (C=S) groups is 1. The number of fused-ring (bicyclic) bond motifs is 4. The molecule has 1 saturated heterocycles. The van der Waals surface area contributed by atoms with Crippen LogP contribution in [0.1, 0.15) is 18.5 Å². The van der Waals surface area contributed by atoms with Gasteiger partial charge in [0.2, 0.25) is 5.91 Å². The Kier molecular flexibility index (Phi) is 3.65. The van der Waals surface area contributed by atoms with Crippen LogP contribution in [0.3, 0.4) is 0 Å². The maximum Gasteiger partial charge on any atom is 0.236 e. The molecule has 2 aliphatic rings. The average Bonchev–Trinajstić information content (AvgIpc) is 2.60. The largest absolute Gasteiger partial charge is 0.467 e. The number of para-hydroxylation sites is 2. The van der Waals surface area contributed by atoms with E-state index in [9.17, 15) is 4.79 Å². The summed E-state index contributed by atoms with van der Waals surface area (Å²) in [6.07, 6.45) is 0. The summed E-state index contributed by atoms with van der Waals surface area (Å²) >= 11 is 5.46. The van der Waals surface area contributed by atoms with Crippen molar-refractivity contribution >= 4 is 28.9 Å². The van der Waals surface area contributed by atoms with Crippen LogP contribution in [0, 0.1) is 5.92 Å². The van der Waals surface area contributed by atoms with Crippen LogP contribution in [0.4, 0.5) is 5.69 Å². The van der Waals surface area contributed by atoms with Crippen LogP contribution in [-0.4, -0.2) is 28.7 Å². The Bertz CT molecular complexity index is 842. The molecule has 6 heteroatoms. The van der Waals surface area contributed by atoms with Crippen LogP contribution < -0.4 is 15.4 Å². The smallest absolute Gasteiger partial charge is 0.236 e. The molecule has 0 radical (unpaired) electrons. The summed E-state index contributed by atoms with van der Waals surface area (Å²) in [7, 11) is 1.85. The van der Waals surface area contributed by atoms with Crippen molar-refractivity contribution in [2.75, 3.05) is 12.4 Å². The summed E-state index contributed by atoms with van der Waals surface area (Å²) < 4.78 is 6.28. The first-order valence-corrected chi connectivity index (χ1v) is 8.60. The van der Waals surface area contributed by atoms with Gasteiger partial charge in [-0.1, -0.05) is 36.4 Å². The third-order valence-corrected chi connectivity index (χ3v) is 5.45. The van der Waals surface area contributed by atoms with E-state index in [4.69, 9.17) is 17.0 Å². The number of carbonyl (C=O) groups excluding carboxylic acids is 1. The highest BCUT2D eigenvalue weighted by atomic mass is 32.1. The molecule has 2 aromatic rings. The van der Waals surface area contributed by atoms with Crippen molar-refractivity contribution in [3.05, 3.63) is 60.2 Å². The van der Waals surface area contributed by atoms with Gasteiger partial charge in [0.15, 0.2) is 10.8 Å². The molecule has 0 saturated carbocycles. The van der Waals surface area contributed by atoms with E-state index in [-0.39, 0.29) is 11.9 Å². The van der Waals surface area contributed by atoms with Gasteiger partial charge < -0.3 is 20.3 Å². The van der Waals surface area contributed by atoms with Gasteiger partial charge in [-0.15, -0.1) is 0 Å². The quantitative estimate of drug-likeness (QED) is 0.813. The normalized spacial score (nSPS) is 27.0. The molecule has 2 bridgehead atoms. The number of nitrogens with one attached hydrogen (secondary N) is 2. The number of hydrogen-bond donors (Lipinski definition) is 2. The number of ether oxygens (including phenoxy) is 1. The van der Waals surface area contributed by atoms with Gasteiger partial charge in [0.1, 0.15) is 11.7 Å². The minimum Gasteiger partial charge on any atom is -0.467 e. The zero-order chi connectivity index (χ0) is 17.6. The van der Waals surface area contributed by atoms with Crippen LogP contribution in [0.15, 0.2) is 54.6 Å². The number of amides is 1. The fraction of sp³-hybridized carbons (Fsp3) is 0.263. The molecule has 2 aliphatic heterocycles. The summed E-state index contributed by atoms with van der Waals surface area (Å²) in [6.45, 7) is 1.92. The minimum atomic E-state index is -0.861. The Hall–Kier alpha value is -2.60. The van der Waals surface area contributed by atoms with Gasteiger partial charge in [-0.25, -0.2) is 0 Å². The predicted molar refractivity (Wildman–Crippen MR) is 100 cm³/mol. The molecule has 3 atom stereocenters. The van der Waals surface area contributed by atoms with Gasteiger partial charge >= 0.3 is 0 Å². The Morgan fingerprint density at radius 2 is 1.88 bits per heavy atom. The molecule has 5 nitrogen and oxygen atoms in total. The first-order chi connectivity index (χ1) is 12.0. The van der Waals surface area contributed by atoms with Crippen molar-refractivity contribution in [3.63, 3.8) is 0 Å². The van der Waals surface area contributed by atoms with E-state index in [0.29, 0.717) is 5.11 Å². The molecule has 25 heavy (non-hydrogen) atoms. The highest BCUT2D eigenvalue weighted by Gasteiger charge is 2.57. The molecule has 2 aromatic carbocycles.